The van der Waals surface area contributed by atoms with Gasteiger partial charge < -0.3 is 15.0 Å². The van der Waals surface area contributed by atoms with Gasteiger partial charge in [0.25, 0.3) is 10.0 Å². The Bertz CT molecular complexity index is 1790. The van der Waals surface area contributed by atoms with Crippen molar-refractivity contribution >= 4 is 49.4 Å². The van der Waals surface area contributed by atoms with Crippen LogP contribution in [0, 0.1) is 6.92 Å². The maximum absolute atomic E-state index is 13.1. The molecule has 0 amide bonds. The number of H-pyrrole nitrogens is 3. The highest BCUT2D eigenvalue weighted by atomic mass is 35.5. The Morgan fingerprint density at radius 3 is 2.36 bits per heavy atom. The molecule has 0 spiro atoms. The average Bonchev–Trinajstić information content (AvgIpc) is 3.22. The van der Waals surface area contributed by atoms with E-state index in [4.69, 9.17) is 11.6 Å². The number of rotatable bonds is 4. The van der Waals surface area contributed by atoms with Crippen molar-refractivity contribution in [2.45, 2.75) is 11.8 Å². The Labute approximate surface area is 191 Å². The van der Waals surface area contributed by atoms with E-state index in [-0.39, 0.29) is 16.1 Å². The zero-order valence-corrected chi connectivity index (χ0v) is 18.6. The predicted octanol–water partition coefficient (Wildman–Crippen LogP) is 3.52. The fourth-order valence-corrected chi connectivity index (χ4v) is 5.26. The summed E-state index contributed by atoms with van der Waals surface area (Å²) < 4.78 is 28.7. The lowest BCUT2D eigenvalue weighted by Crippen LogP contribution is -2.29. The third-order valence-electron chi connectivity index (χ3n) is 5.26. The molecule has 0 saturated carbocycles. The van der Waals surface area contributed by atoms with E-state index in [1.54, 1.807) is 25.4 Å². The summed E-state index contributed by atoms with van der Waals surface area (Å²) in [4.78, 5) is 35.2. The van der Waals surface area contributed by atoms with Crippen LogP contribution in [0.15, 0.2) is 69.3 Å². The smallest absolute Gasteiger partial charge is 0.314 e. The molecule has 9 nitrogen and oxygen atoms in total. The molecule has 0 radical (unpaired) electrons. The zero-order chi connectivity index (χ0) is 23.3. The van der Waals surface area contributed by atoms with Gasteiger partial charge in [0.1, 0.15) is 0 Å². The third kappa shape index (κ3) is 3.79. The predicted molar refractivity (Wildman–Crippen MR) is 127 cm³/mol. The van der Waals surface area contributed by atoms with Gasteiger partial charge in [0.15, 0.2) is 0 Å². The van der Waals surface area contributed by atoms with Crippen molar-refractivity contribution in [1.82, 2.24) is 19.9 Å². The molecular weight excluding hydrogens is 466 g/mol. The van der Waals surface area contributed by atoms with Crippen LogP contribution in [-0.2, 0) is 10.0 Å². The number of aromatic nitrogens is 4. The van der Waals surface area contributed by atoms with E-state index in [9.17, 15) is 18.0 Å². The highest BCUT2D eigenvalue weighted by Crippen LogP contribution is 2.32. The first-order chi connectivity index (χ1) is 15.7. The number of imidazole rings is 1. The number of nitrogens with zero attached hydrogens (tertiary/aromatic N) is 1. The first-order valence-electron chi connectivity index (χ1n) is 9.74. The molecule has 2 aromatic heterocycles. The molecule has 0 saturated heterocycles. The van der Waals surface area contributed by atoms with Crippen molar-refractivity contribution in [3.05, 3.63) is 86.2 Å². The minimum absolute atomic E-state index is 0.0393. The van der Waals surface area contributed by atoms with E-state index in [1.807, 2.05) is 18.2 Å². The number of sulfonamides is 1. The van der Waals surface area contributed by atoms with Crippen LogP contribution in [0.4, 0.5) is 5.69 Å². The lowest BCUT2D eigenvalue weighted by Gasteiger charge is -2.13. The Hall–Kier alpha value is -3.89. The maximum Gasteiger partial charge on any atom is 0.314 e. The normalized spacial score (nSPS) is 11.8. The highest BCUT2D eigenvalue weighted by molar-refractivity contribution is 7.92. The molecule has 0 atom stereocenters. The van der Waals surface area contributed by atoms with Gasteiger partial charge in [-0.05, 0) is 54.4 Å². The van der Waals surface area contributed by atoms with Gasteiger partial charge in [-0.15, -0.1) is 0 Å². The molecule has 0 unspecified atom stereocenters. The molecule has 166 valence electrons. The molecule has 0 aliphatic heterocycles. The SMILES string of the molecule is Cc1cc2[nH]c(=O)c(=O)[nH]c2cc1S(=O)(=O)Nc1ccc(-c2ccc3nc[nH]c3c2)c(Cl)c1. The topological polar surface area (TPSA) is 141 Å². The number of hydrogen-bond donors (Lipinski definition) is 4. The fourth-order valence-electron chi connectivity index (χ4n) is 3.67. The molecule has 3 aromatic carbocycles. The number of aryl methyl sites for hydroxylation is 1. The molecule has 0 aliphatic carbocycles. The molecule has 0 fully saturated rings. The lowest BCUT2D eigenvalue weighted by molar-refractivity contribution is 0.600. The summed E-state index contributed by atoms with van der Waals surface area (Å²) in [5, 5.41) is 0.367. The van der Waals surface area contributed by atoms with Gasteiger partial charge in [0, 0.05) is 5.56 Å². The fraction of sp³-hybridized carbons (Fsp3) is 0.0455. The van der Waals surface area contributed by atoms with Crippen LogP contribution >= 0.6 is 11.6 Å². The summed E-state index contributed by atoms with van der Waals surface area (Å²) in [6.45, 7) is 1.60. The van der Waals surface area contributed by atoms with E-state index < -0.39 is 21.1 Å². The second-order valence-electron chi connectivity index (χ2n) is 7.51. The quantitative estimate of drug-likeness (QED) is 0.291. The van der Waals surface area contributed by atoms with Crippen molar-refractivity contribution < 1.29 is 8.42 Å². The van der Waals surface area contributed by atoms with Crippen LogP contribution in [0.3, 0.4) is 0 Å². The minimum atomic E-state index is -4.01. The number of fused-ring (bicyclic) bond motifs is 2. The summed E-state index contributed by atoms with van der Waals surface area (Å²) in [5.74, 6) is 0. The molecule has 5 aromatic rings. The molecule has 5 rings (SSSR count). The van der Waals surface area contributed by atoms with Crippen LogP contribution in [-0.4, -0.2) is 28.4 Å². The standard InChI is InChI=1S/C22H16ClN5O4S/c1-11-6-18-19(27-22(30)21(29)26-18)9-20(11)33(31,32)28-13-3-4-14(15(23)8-13)12-2-5-16-17(7-12)25-10-24-16/h2-10,28H,1H3,(H,24,25)(H,26,29)(H,27,30). The van der Waals surface area contributed by atoms with Crippen molar-refractivity contribution in [3.8, 4) is 11.1 Å². The first kappa shape index (κ1) is 21.0. The average molecular weight is 482 g/mol. The summed E-state index contributed by atoms with van der Waals surface area (Å²) in [7, 11) is -4.01. The number of hydrogen-bond acceptors (Lipinski definition) is 5. The summed E-state index contributed by atoms with van der Waals surface area (Å²) in [6, 6.07) is 13.3. The molecule has 11 heteroatoms. The first-order valence-corrected chi connectivity index (χ1v) is 11.6. The molecule has 4 N–H and O–H groups in total. The van der Waals surface area contributed by atoms with E-state index in [1.165, 1.54) is 18.2 Å². The number of aromatic amines is 3. The van der Waals surface area contributed by atoms with Crippen LogP contribution in [0.25, 0.3) is 33.2 Å². The Morgan fingerprint density at radius 1 is 0.909 bits per heavy atom. The van der Waals surface area contributed by atoms with E-state index in [0.717, 1.165) is 22.2 Å². The van der Waals surface area contributed by atoms with E-state index in [0.29, 0.717) is 16.1 Å². The number of nitrogens with one attached hydrogen (secondary N) is 4. The van der Waals surface area contributed by atoms with Gasteiger partial charge in [0.05, 0.1) is 44.0 Å². The minimum Gasteiger partial charge on any atom is -0.345 e. The Morgan fingerprint density at radius 2 is 1.64 bits per heavy atom. The molecule has 2 heterocycles. The molecular formula is C22H16ClN5O4S. The zero-order valence-electron chi connectivity index (χ0n) is 17.1. The second-order valence-corrected chi connectivity index (χ2v) is 9.56. The number of anilines is 1. The van der Waals surface area contributed by atoms with Crippen molar-refractivity contribution in [1.29, 1.82) is 0 Å². The lowest BCUT2D eigenvalue weighted by atomic mass is 10.0. The number of benzene rings is 3. The van der Waals surface area contributed by atoms with E-state index in [2.05, 4.69) is 24.7 Å². The summed E-state index contributed by atoms with van der Waals surface area (Å²) in [6.07, 6.45) is 1.61. The molecule has 33 heavy (non-hydrogen) atoms. The number of halogens is 1. The Balaban J connectivity index is 1.50. The van der Waals surface area contributed by atoms with Crippen LogP contribution < -0.4 is 15.8 Å². The summed E-state index contributed by atoms with van der Waals surface area (Å²) >= 11 is 6.47. The van der Waals surface area contributed by atoms with Gasteiger partial charge in [-0.25, -0.2) is 13.4 Å². The highest BCUT2D eigenvalue weighted by Gasteiger charge is 2.19. The largest absolute Gasteiger partial charge is 0.345 e. The van der Waals surface area contributed by atoms with Gasteiger partial charge in [-0.2, -0.15) is 0 Å². The molecule has 0 aliphatic rings. The monoisotopic (exact) mass is 481 g/mol. The van der Waals surface area contributed by atoms with Gasteiger partial charge in [-0.3, -0.25) is 14.3 Å². The Kier molecular flexibility index (Phi) is 4.84. The van der Waals surface area contributed by atoms with Crippen molar-refractivity contribution in [3.63, 3.8) is 0 Å². The van der Waals surface area contributed by atoms with Gasteiger partial charge in [-0.1, -0.05) is 23.7 Å². The van der Waals surface area contributed by atoms with Crippen molar-refractivity contribution in [2.24, 2.45) is 0 Å². The van der Waals surface area contributed by atoms with Crippen LogP contribution in [0.2, 0.25) is 5.02 Å². The van der Waals surface area contributed by atoms with Crippen LogP contribution in [0.1, 0.15) is 5.56 Å². The van der Waals surface area contributed by atoms with Gasteiger partial charge >= 0.3 is 11.1 Å². The maximum atomic E-state index is 13.1. The molecule has 0 bridgehead atoms. The van der Waals surface area contributed by atoms with Crippen LogP contribution in [0.5, 0.6) is 0 Å². The summed E-state index contributed by atoms with van der Waals surface area (Å²) in [5.41, 5.74) is 2.82. The van der Waals surface area contributed by atoms with E-state index >= 15 is 0 Å². The third-order valence-corrected chi connectivity index (χ3v) is 7.10. The van der Waals surface area contributed by atoms with Gasteiger partial charge in [0.2, 0.25) is 0 Å². The second kappa shape index (κ2) is 7.61. The van der Waals surface area contributed by atoms with Crippen molar-refractivity contribution in [2.75, 3.05) is 4.72 Å².